The predicted molar refractivity (Wildman–Crippen MR) is 56.9 cm³/mol. The fourth-order valence-corrected chi connectivity index (χ4v) is 1.32. The lowest BCUT2D eigenvalue weighted by Gasteiger charge is -1.87. The maximum absolute atomic E-state index is 4.04. The molecule has 0 spiro atoms. The molecule has 0 saturated carbocycles. The van der Waals surface area contributed by atoms with Crippen LogP contribution in [0, 0.1) is 13.8 Å². The molecule has 0 aromatic carbocycles. The van der Waals surface area contributed by atoms with Gasteiger partial charge in [0.05, 0.1) is 11.7 Å². The first-order chi connectivity index (χ1) is 6.29. The topological polar surface area (TPSA) is 28.7 Å². The maximum Gasteiger partial charge on any atom is 0.0645 e. The molecule has 0 fully saturated rings. The Kier molecular flexibility index (Phi) is 3.07. The van der Waals surface area contributed by atoms with Gasteiger partial charge in [-0.2, -0.15) is 0 Å². The highest BCUT2D eigenvalue weighted by molar-refractivity contribution is 5.83. The number of pyridine rings is 1. The quantitative estimate of drug-likeness (QED) is 0.656. The number of rotatable bonds is 0. The molecule has 13 heavy (non-hydrogen) atoms. The van der Waals surface area contributed by atoms with Gasteiger partial charge in [0, 0.05) is 17.3 Å². The van der Waals surface area contributed by atoms with Gasteiger partial charge >= 0.3 is 0 Å². The number of hydrogen-bond donors (Lipinski definition) is 1. The van der Waals surface area contributed by atoms with Crippen molar-refractivity contribution >= 4 is 10.9 Å². The summed E-state index contributed by atoms with van der Waals surface area (Å²) in [5.41, 5.74) is 3.68. The van der Waals surface area contributed by atoms with Gasteiger partial charge in [0.2, 0.25) is 0 Å². The van der Waals surface area contributed by atoms with Crippen molar-refractivity contribution in [2.24, 2.45) is 0 Å². The highest BCUT2D eigenvalue weighted by atomic mass is 14.7. The first kappa shape index (κ1) is 9.78. The van der Waals surface area contributed by atoms with Crippen molar-refractivity contribution in [3.8, 4) is 0 Å². The molecule has 2 heterocycles. The SMILES string of the molecule is CC.Cc1[nH]c2cnccc2c1C. The molecule has 2 aromatic heterocycles. The predicted octanol–water partition coefficient (Wildman–Crippen LogP) is 3.21. The van der Waals surface area contributed by atoms with Crippen LogP contribution in [-0.4, -0.2) is 9.97 Å². The number of nitrogens with one attached hydrogen (secondary N) is 1. The number of aromatic nitrogens is 2. The second-order valence-corrected chi connectivity index (χ2v) is 2.80. The third-order valence-electron chi connectivity index (χ3n) is 2.11. The van der Waals surface area contributed by atoms with Crippen molar-refractivity contribution < 1.29 is 0 Å². The summed E-state index contributed by atoms with van der Waals surface area (Å²) in [7, 11) is 0. The van der Waals surface area contributed by atoms with E-state index < -0.39 is 0 Å². The summed E-state index contributed by atoms with van der Waals surface area (Å²) >= 11 is 0. The zero-order valence-electron chi connectivity index (χ0n) is 8.68. The van der Waals surface area contributed by atoms with E-state index in [0.717, 1.165) is 5.52 Å². The van der Waals surface area contributed by atoms with E-state index in [1.165, 1.54) is 16.6 Å². The fourth-order valence-electron chi connectivity index (χ4n) is 1.32. The molecule has 0 atom stereocenters. The minimum Gasteiger partial charge on any atom is -0.357 e. The summed E-state index contributed by atoms with van der Waals surface area (Å²) in [6.07, 6.45) is 3.68. The van der Waals surface area contributed by atoms with Crippen molar-refractivity contribution in [1.82, 2.24) is 9.97 Å². The molecule has 1 N–H and O–H groups in total. The lowest BCUT2D eigenvalue weighted by Crippen LogP contribution is -1.71. The minimum absolute atomic E-state index is 1.13. The zero-order valence-corrected chi connectivity index (χ0v) is 8.68. The summed E-state index contributed by atoms with van der Waals surface area (Å²) in [5.74, 6) is 0. The zero-order chi connectivity index (χ0) is 9.84. The second kappa shape index (κ2) is 4.08. The van der Waals surface area contributed by atoms with Crippen LogP contribution in [0.1, 0.15) is 25.1 Å². The van der Waals surface area contributed by atoms with Gasteiger partial charge in [-0.25, -0.2) is 0 Å². The van der Waals surface area contributed by atoms with Crippen LogP contribution >= 0.6 is 0 Å². The molecule has 2 aromatic rings. The van der Waals surface area contributed by atoms with Crippen LogP contribution in [-0.2, 0) is 0 Å². The number of hydrogen-bond acceptors (Lipinski definition) is 1. The van der Waals surface area contributed by atoms with Crippen LogP contribution in [0.15, 0.2) is 18.5 Å². The van der Waals surface area contributed by atoms with Gasteiger partial charge in [-0.05, 0) is 25.5 Å². The van der Waals surface area contributed by atoms with E-state index in [-0.39, 0.29) is 0 Å². The van der Waals surface area contributed by atoms with Crippen molar-refractivity contribution in [2.75, 3.05) is 0 Å². The summed E-state index contributed by atoms with van der Waals surface area (Å²) in [4.78, 5) is 7.30. The molecule has 0 radical (unpaired) electrons. The molecule has 0 aliphatic rings. The van der Waals surface area contributed by atoms with E-state index in [4.69, 9.17) is 0 Å². The number of nitrogens with zero attached hydrogens (tertiary/aromatic N) is 1. The Bertz CT molecular complexity index is 388. The van der Waals surface area contributed by atoms with Crippen molar-refractivity contribution in [3.05, 3.63) is 29.7 Å². The summed E-state index contributed by atoms with van der Waals surface area (Å²) in [6.45, 7) is 8.20. The normalized spacial score (nSPS) is 9.54. The minimum atomic E-state index is 1.13. The Morgan fingerprint density at radius 1 is 1.23 bits per heavy atom. The summed E-state index contributed by atoms with van der Waals surface area (Å²) < 4.78 is 0. The Hall–Kier alpha value is -1.31. The summed E-state index contributed by atoms with van der Waals surface area (Å²) in [5, 5.41) is 1.28. The number of fused-ring (bicyclic) bond motifs is 1. The van der Waals surface area contributed by atoms with E-state index in [0.29, 0.717) is 0 Å². The molecule has 0 unspecified atom stereocenters. The molecule has 0 bridgehead atoms. The third-order valence-corrected chi connectivity index (χ3v) is 2.11. The average molecular weight is 176 g/mol. The van der Waals surface area contributed by atoms with Crippen molar-refractivity contribution in [1.29, 1.82) is 0 Å². The largest absolute Gasteiger partial charge is 0.357 e. The van der Waals surface area contributed by atoms with Crippen LogP contribution < -0.4 is 0 Å². The van der Waals surface area contributed by atoms with E-state index >= 15 is 0 Å². The molecular weight excluding hydrogens is 160 g/mol. The van der Waals surface area contributed by atoms with Crippen molar-refractivity contribution in [3.63, 3.8) is 0 Å². The second-order valence-electron chi connectivity index (χ2n) is 2.80. The molecule has 0 amide bonds. The monoisotopic (exact) mass is 176 g/mol. The standard InChI is InChI=1S/C9H10N2.C2H6/c1-6-7(2)11-9-5-10-4-3-8(6)9;1-2/h3-5,11H,1-2H3;1-2H3. The van der Waals surface area contributed by atoms with Crippen LogP contribution in [0.3, 0.4) is 0 Å². The van der Waals surface area contributed by atoms with Crippen LogP contribution in [0.5, 0.6) is 0 Å². The van der Waals surface area contributed by atoms with E-state index in [1.807, 2.05) is 32.3 Å². The first-order valence-electron chi connectivity index (χ1n) is 4.68. The smallest absolute Gasteiger partial charge is 0.0645 e. The lowest BCUT2D eigenvalue weighted by atomic mass is 10.2. The summed E-state index contributed by atoms with van der Waals surface area (Å²) in [6, 6.07) is 2.04. The maximum atomic E-state index is 4.04. The molecule has 0 aliphatic heterocycles. The van der Waals surface area contributed by atoms with Crippen LogP contribution in [0.4, 0.5) is 0 Å². The van der Waals surface area contributed by atoms with Gasteiger partial charge in [-0.1, -0.05) is 13.8 Å². The van der Waals surface area contributed by atoms with Crippen molar-refractivity contribution in [2.45, 2.75) is 27.7 Å². The van der Waals surface area contributed by atoms with Crippen LogP contribution in [0.2, 0.25) is 0 Å². The Morgan fingerprint density at radius 3 is 2.54 bits per heavy atom. The van der Waals surface area contributed by atoms with E-state index in [9.17, 15) is 0 Å². The molecule has 0 saturated heterocycles. The van der Waals surface area contributed by atoms with Gasteiger partial charge in [-0.3, -0.25) is 4.98 Å². The Morgan fingerprint density at radius 2 is 1.92 bits per heavy atom. The highest BCUT2D eigenvalue weighted by Crippen LogP contribution is 2.18. The highest BCUT2D eigenvalue weighted by Gasteiger charge is 2.01. The Balaban J connectivity index is 0.000000396. The number of aromatic amines is 1. The molecule has 2 heteroatoms. The molecule has 2 nitrogen and oxygen atoms in total. The molecule has 0 aliphatic carbocycles. The van der Waals surface area contributed by atoms with E-state index in [1.54, 1.807) is 0 Å². The van der Waals surface area contributed by atoms with Gasteiger partial charge < -0.3 is 4.98 Å². The molecule has 70 valence electrons. The average Bonchev–Trinajstić information content (AvgIpc) is 2.47. The fraction of sp³-hybridized carbons (Fsp3) is 0.364. The molecular formula is C11H16N2. The first-order valence-corrected chi connectivity index (χ1v) is 4.68. The third kappa shape index (κ3) is 1.72. The van der Waals surface area contributed by atoms with E-state index in [2.05, 4.69) is 23.8 Å². The van der Waals surface area contributed by atoms with Gasteiger partial charge in [0.25, 0.3) is 0 Å². The Labute approximate surface area is 79.0 Å². The molecule has 2 rings (SSSR count). The lowest BCUT2D eigenvalue weighted by molar-refractivity contribution is 1.25. The van der Waals surface area contributed by atoms with Crippen LogP contribution in [0.25, 0.3) is 10.9 Å². The van der Waals surface area contributed by atoms with Gasteiger partial charge in [-0.15, -0.1) is 0 Å². The van der Waals surface area contributed by atoms with Gasteiger partial charge in [0.1, 0.15) is 0 Å². The number of aryl methyl sites for hydroxylation is 2. The number of H-pyrrole nitrogens is 1. The van der Waals surface area contributed by atoms with Gasteiger partial charge in [0.15, 0.2) is 0 Å².